The van der Waals surface area contributed by atoms with Crippen molar-refractivity contribution in [2.24, 2.45) is 0 Å². The summed E-state index contributed by atoms with van der Waals surface area (Å²) in [6, 6.07) is 0. The summed E-state index contributed by atoms with van der Waals surface area (Å²) >= 11 is 0. The van der Waals surface area contributed by atoms with Gasteiger partial charge < -0.3 is 33.8 Å². The first-order valence-corrected chi connectivity index (χ1v) is 41.1. The fourth-order valence-electron chi connectivity index (χ4n) is 9.65. The first-order valence-electron chi connectivity index (χ1n) is 38.1. The molecule has 0 aliphatic heterocycles. The molecule has 0 saturated carbocycles. The van der Waals surface area contributed by atoms with Crippen molar-refractivity contribution in [1.29, 1.82) is 0 Å². The van der Waals surface area contributed by atoms with E-state index in [1.54, 1.807) is 12.2 Å². The summed E-state index contributed by atoms with van der Waals surface area (Å²) in [5.74, 6) is -2.36. The molecular formula is C81H134O17P2. The first-order chi connectivity index (χ1) is 48.7. The third-order valence-corrected chi connectivity index (χ3v) is 17.2. The Kier molecular flexibility index (Phi) is 68.6. The van der Waals surface area contributed by atoms with Gasteiger partial charge in [-0.3, -0.25) is 37.3 Å². The van der Waals surface area contributed by atoms with E-state index in [0.717, 1.165) is 167 Å². The lowest BCUT2D eigenvalue weighted by molar-refractivity contribution is -0.161. The largest absolute Gasteiger partial charge is 0.472 e. The summed E-state index contributed by atoms with van der Waals surface area (Å²) in [7, 11) is -9.99. The Morgan fingerprint density at radius 1 is 0.300 bits per heavy atom. The van der Waals surface area contributed by atoms with Gasteiger partial charge in [-0.05, 0) is 122 Å². The number of allylic oxidation sites excluding steroid dienone is 23. The highest BCUT2D eigenvalue weighted by Crippen LogP contribution is 2.45. The van der Waals surface area contributed by atoms with Gasteiger partial charge >= 0.3 is 39.5 Å². The summed E-state index contributed by atoms with van der Waals surface area (Å²) in [4.78, 5) is 72.8. The number of carbonyl (C=O) groups excluding carboxylic acids is 4. The molecule has 0 bridgehead atoms. The average Bonchev–Trinajstić information content (AvgIpc) is 1.02. The number of aliphatic hydroxyl groups excluding tert-OH is 1. The van der Waals surface area contributed by atoms with Crippen molar-refractivity contribution in [3.8, 4) is 0 Å². The van der Waals surface area contributed by atoms with E-state index in [9.17, 15) is 43.2 Å². The van der Waals surface area contributed by atoms with E-state index >= 15 is 0 Å². The SMILES string of the molecule is CC/C=C\C/C=C\C/C=C\C/C=C\C/C=C\CC(=O)OC(COC(=O)CCCCCCCCC/C=C\C/C=C\C/C=C\CC)COP(=O)(O)OCC(O)COP(=O)(O)OCC(COC(=O)CCCCCC/C=C\C/C=C\C/C=C\C/C=C\CC)OC(=O)CCCCCCCCCCCCC. The number of ether oxygens (including phenoxy) is 4. The van der Waals surface area contributed by atoms with E-state index < -0.39 is 97.5 Å². The van der Waals surface area contributed by atoms with Crippen LogP contribution >= 0.6 is 15.6 Å². The van der Waals surface area contributed by atoms with Crippen LogP contribution in [0.2, 0.25) is 0 Å². The van der Waals surface area contributed by atoms with Gasteiger partial charge in [-0.25, -0.2) is 9.13 Å². The summed E-state index contributed by atoms with van der Waals surface area (Å²) < 4.78 is 68.3. The van der Waals surface area contributed by atoms with Crippen LogP contribution in [0.4, 0.5) is 0 Å². The predicted octanol–water partition coefficient (Wildman–Crippen LogP) is 21.9. The number of hydrogen-bond donors (Lipinski definition) is 3. The van der Waals surface area contributed by atoms with Crippen LogP contribution in [0.1, 0.15) is 285 Å². The van der Waals surface area contributed by atoms with Crippen LogP contribution in [0.15, 0.2) is 146 Å². The van der Waals surface area contributed by atoms with Crippen LogP contribution < -0.4 is 0 Å². The molecule has 0 aliphatic carbocycles. The molecule has 5 unspecified atom stereocenters. The minimum absolute atomic E-state index is 0.0854. The van der Waals surface area contributed by atoms with E-state index in [-0.39, 0.29) is 25.7 Å². The predicted molar refractivity (Wildman–Crippen MR) is 408 cm³/mol. The van der Waals surface area contributed by atoms with Crippen LogP contribution in [0.5, 0.6) is 0 Å². The minimum atomic E-state index is -5.01. The maximum Gasteiger partial charge on any atom is 0.472 e. The molecule has 0 heterocycles. The zero-order chi connectivity index (χ0) is 73.2. The third-order valence-electron chi connectivity index (χ3n) is 15.3. The van der Waals surface area contributed by atoms with Gasteiger partial charge in [-0.1, -0.05) is 283 Å². The Morgan fingerprint density at radius 2 is 0.560 bits per heavy atom. The Hall–Kier alpha value is -5.06. The topological polar surface area (TPSA) is 237 Å². The second-order valence-corrected chi connectivity index (χ2v) is 27.7. The van der Waals surface area contributed by atoms with Crippen molar-refractivity contribution >= 4 is 39.5 Å². The van der Waals surface area contributed by atoms with Crippen LogP contribution in [-0.2, 0) is 65.4 Å². The van der Waals surface area contributed by atoms with E-state index in [1.165, 1.54) is 38.5 Å². The molecule has 0 fully saturated rings. The Labute approximate surface area is 605 Å². The molecule has 0 radical (unpaired) electrons. The number of esters is 4. The van der Waals surface area contributed by atoms with Gasteiger partial charge in [0.15, 0.2) is 12.2 Å². The monoisotopic (exact) mass is 1440 g/mol. The number of phosphoric acid groups is 2. The van der Waals surface area contributed by atoms with E-state index in [1.807, 2.05) is 12.2 Å². The lowest BCUT2D eigenvalue weighted by Gasteiger charge is -2.21. The minimum Gasteiger partial charge on any atom is -0.462 e. The molecule has 0 spiro atoms. The molecule has 0 aromatic carbocycles. The Balaban J connectivity index is 5.42. The highest BCUT2D eigenvalue weighted by atomic mass is 31.2. The number of carbonyl (C=O) groups is 4. The normalized spacial score (nSPS) is 14.8. The van der Waals surface area contributed by atoms with Crippen LogP contribution in [0.25, 0.3) is 0 Å². The number of phosphoric ester groups is 2. The maximum atomic E-state index is 13.1. The van der Waals surface area contributed by atoms with Gasteiger partial charge in [-0.2, -0.15) is 0 Å². The quantitative estimate of drug-likeness (QED) is 0.0169. The van der Waals surface area contributed by atoms with Crippen molar-refractivity contribution in [3.05, 3.63) is 146 Å². The van der Waals surface area contributed by atoms with Crippen molar-refractivity contribution < 1.29 is 80.2 Å². The second-order valence-electron chi connectivity index (χ2n) is 24.8. The van der Waals surface area contributed by atoms with Gasteiger partial charge in [0.25, 0.3) is 0 Å². The summed E-state index contributed by atoms with van der Waals surface area (Å²) in [5, 5.41) is 10.6. The standard InChI is InChI=1S/C81H134O17P2/c1-5-9-13-17-21-25-29-32-35-37-40-42-46-49-53-57-61-65-78(83)91-71-76(97-80(85)67-63-59-55-51-45-28-24-20-16-12-8-4)73-95-99(87,88)93-69-75(82)70-94-100(89,90)96-74-77(98-81(86)68-64-60-56-52-48-44-39-34-31-27-23-19-15-11-7-3)72-92-79(84)66-62-58-54-50-47-43-41-38-36-33-30-26-22-18-14-10-6-2/h9-11,13-15,21-23,25-27,32-36,39-40,42,48,52,60,64,75-77,82H,5-8,12,16-20,24,28-31,37-38,41,43-47,49-51,53-59,61-63,65-74H2,1-4H3,(H,87,88)(H,89,90)/b13-9-,14-10-,15-11-,25-21-,26-22-,27-23-,35-32-,36-33-,39-34-,42-40-,52-48-,64-60-. The number of aliphatic hydroxyl groups is 1. The van der Waals surface area contributed by atoms with Crippen molar-refractivity contribution in [1.82, 2.24) is 0 Å². The zero-order valence-corrected chi connectivity index (χ0v) is 63.9. The van der Waals surface area contributed by atoms with Crippen molar-refractivity contribution in [2.75, 3.05) is 39.6 Å². The fourth-order valence-corrected chi connectivity index (χ4v) is 11.2. The van der Waals surface area contributed by atoms with Crippen LogP contribution in [0, 0.1) is 0 Å². The summed E-state index contributed by atoms with van der Waals surface area (Å²) in [6.07, 6.45) is 81.6. The Morgan fingerprint density at radius 3 is 0.890 bits per heavy atom. The Bertz CT molecular complexity index is 2470. The number of hydrogen-bond acceptors (Lipinski definition) is 15. The lowest BCUT2D eigenvalue weighted by Crippen LogP contribution is -2.30. The summed E-state index contributed by atoms with van der Waals surface area (Å²) in [6.45, 7) is 4.36. The highest BCUT2D eigenvalue weighted by molar-refractivity contribution is 7.47. The number of unbranched alkanes of at least 4 members (excludes halogenated alkanes) is 21. The molecule has 570 valence electrons. The smallest absolute Gasteiger partial charge is 0.462 e. The van der Waals surface area contributed by atoms with E-state index in [2.05, 4.69) is 149 Å². The molecule has 17 nitrogen and oxygen atoms in total. The van der Waals surface area contributed by atoms with E-state index in [4.69, 9.17) is 37.0 Å². The maximum absolute atomic E-state index is 13.1. The first kappa shape index (κ1) is 94.9. The summed E-state index contributed by atoms with van der Waals surface area (Å²) in [5.41, 5.74) is 0. The van der Waals surface area contributed by atoms with Crippen LogP contribution in [0.3, 0.4) is 0 Å². The van der Waals surface area contributed by atoms with Crippen molar-refractivity contribution in [2.45, 2.75) is 303 Å². The van der Waals surface area contributed by atoms with Crippen molar-refractivity contribution in [3.63, 3.8) is 0 Å². The molecular weight excluding hydrogens is 1310 g/mol. The number of rotatable bonds is 70. The highest BCUT2D eigenvalue weighted by Gasteiger charge is 2.30. The fraction of sp³-hybridized carbons (Fsp3) is 0.654. The molecule has 19 heteroatoms. The van der Waals surface area contributed by atoms with Crippen LogP contribution in [-0.4, -0.2) is 96.7 Å². The van der Waals surface area contributed by atoms with Gasteiger partial charge in [0.05, 0.1) is 32.8 Å². The third kappa shape index (κ3) is 71.3. The molecule has 0 amide bonds. The van der Waals surface area contributed by atoms with Gasteiger partial charge in [0, 0.05) is 19.3 Å². The molecule has 3 N–H and O–H groups in total. The molecule has 0 saturated heterocycles. The lowest BCUT2D eigenvalue weighted by atomic mass is 10.1. The zero-order valence-electron chi connectivity index (χ0n) is 62.1. The average molecular weight is 1440 g/mol. The molecule has 0 aromatic heterocycles. The van der Waals surface area contributed by atoms with Gasteiger partial charge in [-0.15, -0.1) is 0 Å². The molecule has 100 heavy (non-hydrogen) atoms. The van der Waals surface area contributed by atoms with Gasteiger partial charge in [0.2, 0.25) is 0 Å². The second kappa shape index (κ2) is 72.3. The van der Waals surface area contributed by atoms with E-state index in [0.29, 0.717) is 25.7 Å². The van der Waals surface area contributed by atoms with Gasteiger partial charge in [0.1, 0.15) is 19.3 Å². The molecule has 0 aliphatic rings. The molecule has 0 aromatic rings. The molecule has 0 rings (SSSR count). The molecule has 5 atom stereocenters.